The van der Waals surface area contributed by atoms with Crippen molar-refractivity contribution in [2.45, 2.75) is 0 Å². The molecule has 1 aromatic heterocycles. The van der Waals surface area contributed by atoms with Gasteiger partial charge in [0.15, 0.2) is 0 Å². The van der Waals surface area contributed by atoms with Crippen LogP contribution in [0.5, 0.6) is 0 Å². The Balaban J connectivity index is 1.04. The number of aromatic nitrogens is 1. The fraction of sp³-hybridized carbons (Fsp3) is 0. The normalized spacial score (nSPS) is 12.0. The predicted octanol–water partition coefficient (Wildman–Crippen LogP) is 13.4. The molecule has 11 rings (SSSR count). The van der Waals surface area contributed by atoms with Crippen molar-refractivity contribution in [1.82, 2.24) is 4.57 Å². The molecule has 0 aliphatic heterocycles. The third kappa shape index (κ3) is 3.96. The second-order valence-electron chi connectivity index (χ2n) is 13.4. The van der Waals surface area contributed by atoms with Gasteiger partial charge in [-0.2, -0.15) is 0 Å². The van der Waals surface area contributed by atoms with E-state index < -0.39 is 0 Å². The molecule has 0 atom stereocenters. The monoisotopic (exact) mass is 634 g/mol. The molecule has 232 valence electrons. The summed E-state index contributed by atoms with van der Waals surface area (Å²) >= 11 is 0. The molecule has 0 saturated heterocycles. The Kier molecular flexibility index (Phi) is 5.70. The lowest BCUT2D eigenvalue weighted by Crippen LogP contribution is -2.10. The van der Waals surface area contributed by atoms with Crippen molar-refractivity contribution in [3.63, 3.8) is 0 Å². The molecule has 2 heteroatoms. The van der Waals surface area contributed by atoms with Gasteiger partial charge in [0.25, 0.3) is 0 Å². The molecule has 0 radical (unpaired) electrons. The van der Waals surface area contributed by atoms with Gasteiger partial charge in [-0.05, 0) is 128 Å². The summed E-state index contributed by atoms with van der Waals surface area (Å²) < 4.78 is 2.40. The smallest absolute Gasteiger partial charge is 0.0541 e. The second-order valence-corrected chi connectivity index (χ2v) is 13.4. The Hall–Kier alpha value is -6.64. The van der Waals surface area contributed by atoms with Crippen molar-refractivity contribution in [3.8, 4) is 27.9 Å². The van der Waals surface area contributed by atoms with Crippen molar-refractivity contribution in [3.05, 3.63) is 182 Å². The summed E-state index contributed by atoms with van der Waals surface area (Å²) in [6.45, 7) is 0. The summed E-state index contributed by atoms with van der Waals surface area (Å²) in [5.74, 6) is 0. The number of para-hydroxylation sites is 3. The number of benzene rings is 9. The Morgan fingerprint density at radius 2 is 0.860 bits per heavy atom. The van der Waals surface area contributed by atoms with E-state index in [0.717, 1.165) is 11.4 Å². The Labute approximate surface area is 289 Å². The van der Waals surface area contributed by atoms with E-state index in [-0.39, 0.29) is 0 Å². The van der Waals surface area contributed by atoms with E-state index in [1.54, 1.807) is 0 Å². The average Bonchev–Trinajstić information content (AvgIpc) is 3.51. The summed E-state index contributed by atoms with van der Waals surface area (Å²) in [4.78, 5) is 2.39. The SMILES string of the molecule is c1ccc(N(c2ccc3cc4c(cc3c2)-c2cc3cc(-n5c6ccccc6c6ccccc65)ccc3cc2-4)c2cccc3ccccc23)cc1. The highest BCUT2D eigenvalue weighted by molar-refractivity contribution is 6.13. The standard InChI is InChI=1S/C48H30N2/c1-2-13-36(14-3-1)49(46-20-10-12-31-11-4-5-15-39(31)46)37-23-21-32-27-42-43-28-33-22-24-38(26-35(33)30-45(43)44(42)29-34(32)25-37)50-47-18-8-6-16-40(47)41-17-7-9-19-48(41)50/h1-30H. The average molecular weight is 635 g/mol. The lowest BCUT2D eigenvalue weighted by atomic mass is 9.78. The fourth-order valence-electron chi connectivity index (χ4n) is 8.29. The Bertz CT molecular complexity index is 2930. The third-order valence-corrected chi connectivity index (χ3v) is 10.6. The van der Waals surface area contributed by atoms with E-state index in [2.05, 4.69) is 191 Å². The molecule has 0 saturated carbocycles. The largest absolute Gasteiger partial charge is 0.310 e. The van der Waals surface area contributed by atoms with Crippen LogP contribution in [0.3, 0.4) is 0 Å². The Morgan fingerprint density at radius 1 is 0.320 bits per heavy atom. The molecule has 1 aliphatic carbocycles. The topological polar surface area (TPSA) is 8.17 Å². The van der Waals surface area contributed by atoms with E-state index >= 15 is 0 Å². The quantitative estimate of drug-likeness (QED) is 0.187. The lowest BCUT2D eigenvalue weighted by molar-refractivity contribution is 1.19. The number of nitrogens with zero attached hydrogens (tertiary/aromatic N) is 2. The number of hydrogen-bond acceptors (Lipinski definition) is 1. The van der Waals surface area contributed by atoms with Crippen LogP contribution >= 0.6 is 0 Å². The van der Waals surface area contributed by atoms with E-state index in [1.165, 1.54) is 87.8 Å². The summed E-state index contributed by atoms with van der Waals surface area (Å²) in [6, 6.07) is 66.7. The van der Waals surface area contributed by atoms with E-state index in [1.807, 2.05) is 0 Å². The van der Waals surface area contributed by atoms with Crippen LogP contribution in [0.1, 0.15) is 0 Å². The first-order valence-electron chi connectivity index (χ1n) is 17.3. The highest BCUT2D eigenvalue weighted by Gasteiger charge is 2.25. The van der Waals surface area contributed by atoms with Crippen molar-refractivity contribution < 1.29 is 0 Å². The minimum atomic E-state index is 1.14. The molecular weight excluding hydrogens is 605 g/mol. The van der Waals surface area contributed by atoms with Crippen LogP contribution in [0.15, 0.2) is 182 Å². The third-order valence-electron chi connectivity index (χ3n) is 10.6. The second kappa shape index (κ2) is 10.4. The molecule has 2 nitrogen and oxygen atoms in total. The summed E-state index contributed by atoms with van der Waals surface area (Å²) in [5, 5.41) is 10.1. The van der Waals surface area contributed by atoms with E-state index in [0.29, 0.717) is 0 Å². The molecule has 0 fully saturated rings. The molecule has 0 unspecified atom stereocenters. The first-order valence-corrected chi connectivity index (χ1v) is 17.3. The Morgan fingerprint density at radius 3 is 1.56 bits per heavy atom. The van der Waals surface area contributed by atoms with Gasteiger partial charge >= 0.3 is 0 Å². The zero-order valence-corrected chi connectivity index (χ0v) is 27.2. The highest BCUT2D eigenvalue weighted by atomic mass is 15.1. The molecule has 10 aromatic rings. The molecule has 0 spiro atoms. The summed E-state index contributed by atoms with van der Waals surface area (Å²) in [7, 11) is 0. The molecule has 0 bridgehead atoms. The van der Waals surface area contributed by atoms with Gasteiger partial charge in [-0.3, -0.25) is 0 Å². The van der Waals surface area contributed by atoms with Gasteiger partial charge in [0, 0.05) is 33.2 Å². The summed E-state index contributed by atoms with van der Waals surface area (Å²) in [6.07, 6.45) is 0. The zero-order chi connectivity index (χ0) is 32.8. The van der Waals surface area contributed by atoms with Crippen LogP contribution in [0.25, 0.3) is 82.1 Å². The summed E-state index contributed by atoms with van der Waals surface area (Å²) in [5.41, 5.74) is 12.4. The molecule has 50 heavy (non-hydrogen) atoms. The first kappa shape index (κ1) is 27.3. The van der Waals surface area contributed by atoms with Gasteiger partial charge < -0.3 is 9.47 Å². The van der Waals surface area contributed by atoms with E-state index in [4.69, 9.17) is 0 Å². The zero-order valence-electron chi connectivity index (χ0n) is 27.2. The van der Waals surface area contributed by atoms with Crippen molar-refractivity contribution in [1.29, 1.82) is 0 Å². The van der Waals surface area contributed by atoms with E-state index in [9.17, 15) is 0 Å². The van der Waals surface area contributed by atoms with Gasteiger partial charge in [-0.1, -0.05) is 103 Å². The molecule has 0 N–H and O–H groups in total. The van der Waals surface area contributed by atoms with Gasteiger partial charge in [-0.25, -0.2) is 0 Å². The van der Waals surface area contributed by atoms with Crippen molar-refractivity contribution in [2.75, 3.05) is 4.90 Å². The van der Waals surface area contributed by atoms with Crippen LogP contribution in [-0.4, -0.2) is 4.57 Å². The number of fused-ring (bicyclic) bond motifs is 10. The first-order chi connectivity index (χ1) is 24.8. The van der Waals surface area contributed by atoms with Crippen LogP contribution in [-0.2, 0) is 0 Å². The fourth-order valence-corrected chi connectivity index (χ4v) is 8.29. The van der Waals surface area contributed by atoms with Crippen LogP contribution in [0, 0.1) is 0 Å². The highest BCUT2D eigenvalue weighted by Crippen LogP contribution is 2.51. The van der Waals surface area contributed by atoms with Gasteiger partial charge in [-0.15, -0.1) is 0 Å². The molecule has 0 amide bonds. The number of anilines is 3. The minimum Gasteiger partial charge on any atom is -0.310 e. The molecule has 1 aliphatic rings. The van der Waals surface area contributed by atoms with Crippen LogP contribution in [0.2, 0.25) is 0 Å². The van der Waals surface area contributed by atoms with Crippen LogP contribution in [0.4, 0.5) is 17.1 Å². The number of rotatable bonds is 4. The maximum atomic E-state index is 2.40. The van der Waals surface area contributed by atoms with Crippen molar-refractivity contribution >= 4 is 71.2 Å². The molecule has 9 aromatic carbocycles. The van der Waals surface area contributed by atoms with Gasteiger partial charge in [0.2, 0.25) is 0 Å². The maximum Gasteiger partial charge on any atom is 0.0541 e. The predicted molar refractivity (Wildman–Crippen MR) is 212 cm³/mol. The van der Waals surface area contributed by atoms with Gasteiger partial charge in [0.1, 0.15) is 0 Å². The molecule has 1 heterocycles. The minimum absolute atomic E-state index is 1.14. The lowest BCUT2D eigenvalue weighted by Gasteiger charge is -2.28. The van der Waals surface area contributed by atoms with Crippen molar-refractivity contribution in [2.24, 2.45) is 0 Å². The number of hydrogen-bond donors (Lipinski definition) is 0. The van der Waals surface area contributed by atoms with Crippen LogP contribution < -0.4 is 4.90 Å². The molecular formula is C48H30N2. The van der Waals surface area contributed by atoms with Gasteiger partial charge in [0.05, 0.1) is 16.7 Å². The maximum absolute atomic E-state index is 2.40.